The van der Waals surface area contributed by atoms with Crippen LogP contribution < -0.4 is 4.74 Å². The number of unbranched alkanes of at least 4 members (excludes halogenated alkanes) is 1. The molecule has 2 saturated heterocycles. The largest absolute Gasteiger partial charge is 0.493 e. The first-order valence-electron chi connectivity index (χ1n) is 16.5. The second-order valence-corrected chi connectivity index (χ2v) is 16.9. The summed E-state index contributed by atoms with van der Waals surface area (Å²) in [4.78, 5) is 0. The molecule has 2 unspecified atom stereocenters. The molecule has 3 fully saturated rings. The van der Waals surface area contributed by atoms with Gasteiger partial charge in [-0.05, 0) is 88.2 Å². The van der Waals surface area contributed by atoms with Crippen LogP contribution in [0.4, 0.5) is 0 Å². The predicted molar refractivity (Wildman–Crippen MR) is 170 cm³/mol. The third-order valence-corrected chi connectivity index (χ3v) is 11.2. The van der Waals surface area contributed by atoms with Crippen LogP contribution in [0, 0.1) is 24.2 Å². The molecule has 6 nitrogen and oxygen atoms in total. The van der Waals surface area contributed by atoms with Crippen molar-refractivity contribution in [1.29, 1.82) is 0 Å². The van der Waals surface area contributed by atoms with Gasteiger partial charge in [-0.1, -0.05) is 38.0 Å². The standard InChI is InChI=1S/C35H54O6Si/c1-5-7-19-29-31(41-42(3,4)26-8-6-2)27-32(40-34-22-13-15-24-38-34)35(29)30(39-33-21-12-14-23-37-33)20-16-25-36-28-17-10-9-11-18-28/h1,9-11,17-18,20,29,31-35H,6-8,12-16,19,21-27H2,2-4H3/t29-,31-,32-,33?,34?,35-/m1/s1. The minimum absolute atomic E-state index is 0.0205. The number of para-hydroxylation sites is 1. The summed E-state index contributed by atoms with van der Waals surface area (Å²) in [5.41, 5.74) is 0. The Labute approximate surface area is 255 Å². The molecular formula is C35H54O6Si. The van der Waals surface area contributed by atoms with Crippen LogP contribution in [0.25, 0.3) is 0 Å². The van der Waals surface area contributed by atoms with Crippen molar-refractivity contribution in [2.45, 2.75) is 128 Å². The third-order valence-electron chi connectivity index (χ3n) is 8.70. The molecule has 0 spiro atoms. The van der Waals surface area contributed by atoms with Crippen LogP contribution in [0.15, 0.2) is 42.2 Å². The number of ether oxygens (including phenoxy) is 5. The molecule has 42 heavy (non-hydrogen) atoms. The lowest BCUT2D eigenvalue weighted by atomic mass is 9.87. The summed E-state index contributed by atoms with van der Waals surface area (Å²) in [6, 6.07) is 11.1. The molecule has 6 atom stereocenters. The minimum Gasteiger partial charge on any atom is -0.493 e. The van der Waals surface area contributed by atoms with Crippen LogP contribution in [0.2, 0.25) is 19.1 Å². The lowest BCUT2D eigenvalue weighted by Crippen LogP contribution is -2.38. The van der Waals surface area contributed by atoms with Gasteiger partial charge < -0.3 is 28.1 Å². The lowest BCUT2D eigenvalue weighted by molar-refractivity contribution is -0.201. The van der Waals surface area contributed by atoms with E-state index in [9.17, 15) is 0 Å². The highest BCUT2D eigenvalue weighted by Gasteiger charge is 2.49. The van der Waals surface area contributed by atoms with Crippen molar-refractivity contribution < 1.29 is 28.1 Å². The Bertz CT molecular complexity index is 963. The summed E-state index contributed by atoms with van der Waals surface area (Å²) in [5, 5.41) is 0. The molecule has 0 aromatic heterocycles. The SMILES string of the molecule is C#CCC[C@H]1[C@H](C(=CCCOc2ccccc2)OC2CCCCO2)[C@H](OC2CCCCO2)C[C@H]1O[Si](C)(C)CCCC. The summed E-state index contributed by atoms with van der Waals surface area (Å²) in [7, 11) is -1.87. The summed E-state index contributed by atoms with van der Waals surface area (Å²) < 4.78 is 38.9. The van der Waals surface area contributed by atoms with Gasteiger partial charge in [-0.2, -0.15) is 0 Å². The molecule has 0 amide bonds. The first kappa shape index (κ1) is 33.1. The van der Waals surface area contributed by atoms with Crippen molar-refractivity contribution in [2.24, 2.45) is 11.8 Å². The molecule has 1 aromatic rings. The van der Waals surface area contributed by atoms with E-state index in [1.54, 1.807) is 0 Å². The van der Waals surface area contributed by atoms with E-state index in [4.69, 9.17) is 34.5 Å². The van der Waals surface area contributed by atoms with Gasteiger partial charge in [-0.25, -0.2) is 0 Å². The van der Waals surface area contributed by atoms with Crippen molar-refractivity contribution in [3.8, 4) is 18.1 Å². The zero-order valence-corrected chi connectivity index (χ0v) is 27.3. The Morgan fingerprint density at radius 2 is 1.76 bits per heavy atom. The summed E-state index contributed by atoms with van der Waals surface area (Å²) in [6.07, 6.45) is 19.4. The van der Waals surface area contributed by atoms with Crippen LogP contribution >= 0.6 is 0 Å². The molecule has 2 heterocycles. The van der Waals surface area contributed by atoms with Gasteiger partial charge in [-0.3, -0.25) is 0 Å². The number of terminal acetylenes is 1. The number of hydrogen-bond acceptors (Lipinski definition) is 6. The molecular weight excluding hydrogens is 544 g/mol. The molecule has 0 N–H and O–H groups in total. The minimum atomic E-state index is -1.87. The summed E-state index contributed by atoms with van der Waals surface area (Å²) >= 11 is 0. The highest BCUT2D eigenvalue weighted by molar-refractivity contribution is 6.71. The second kappa shape index (κ2) is 17.5. The van der Waals surface area contributed by atoms with E-state index in [0.717, 1.165) is 88.6 Å². The average Bonchev–Trinajstić information content (AvgIpc) is 3.33. The smallest absolute Gasteiger partial charge is 0.199 e. The first-order valence-corrected chi connectivity index (χ1v) is 19.6. The van der Waals surface area contributed by atoms with Crippen molar-refractivity contribution in [3.63, 3.8) is 0 Å². The van der Waals surface area contributed by atoms with Gasteiger partial charge in [-0.15, -0.1) is 12.3 Å². The van der Waals surface area contributed by atoms with E-state index in [-0.39, 0.29) is 36.6 Å². The molecule has 1 aromatic carbocycles. The van der Waals surface area contributed by atoms with Gasteiger partial charge in [0, 0.05) is 31.8 Å². The van der Waals surface area contributed by atoms with Crippen LogP contribution in [0.3, 0.4) is 0 Å². The zero-order chi connectivity index (χ0) is 29.6. The number of benzene rings is 1. The van der Waals surface area contributed by atoms with Gasteiger partial charge in [0.05, 0.1) is 25.4 Å². The molecule has 3 aliphatic rings. The van der Waals surface area contributed by atoms with Crippen molar-refractivity contribution >= 4 is 8.32 Å². The maximum Gasteiger partial charge on any atom is 0.199 e. The molecule has 4 rings (SSSR count). The molecule has 0 radical (unpaired) electrons. The van der Waals surface area contributed by atoms with Crippen molar-refractivity contribution in [2.75, 3.05) is 19.8 Å². The Morgan fingerprint density at radius 1 is 1.02 bits per heavy atom. The van der Waals surface area contributed by atoms with Crippen molar-refractivity contribution in [1.82, 2.24) is 0 Å². The zero-order valence-electron chi connectivity index (χ0n) is 26.3. The summed E-state index contributed by atoms with van der Waals surface area (Å²) in [5.74, 6) is 4.95. The molecule has 0 bridgehead atoms. The topological polar surface area (TPSA) is 55.4 Å². The Kier molecular flexibility index (Phi) is 13.8. The third kappa shape index (κ3) is 10.4. The normalized spacial score (nSPS) is 28.8. The fraction of sp³-hybridized carbons (Fsp3) is 0.714. The molecule has 1 saturated carbocycles. The monoisotopic (exact) mass is 598 g/mol. The van der Waals surface area contributed by atoms with Crippen LogP contribution in [0.5, 0.6) is 5.75 Å². The highest BCUT2D eigenvalue weighted by atomic mass is 28.4. The first-order chi connectivity index (χ1) is 20.5. The Morgan fingerprint density at radius 3 is 2.43 bits per heavy atom. The van der Waals surface area contributed by atoms with E-state index in [1.807, 2.05) is 30.3 Å². The quantitative estimate of drug-likeness (QED) is 0.0827. The maximum atomic E-state index is 7.09. The van der Waals surface area contributed by atoms with Gasteiger partial charge in [0.2, 0.25) is 0 Å². The molecule has 7 heteroatoms. The average molecular weight is 599 g/mol. The molecule has 1 aliphatic carbocycles. The molecule has 234 valence electrons. The van der Waals surface area contributed by atoms with E-state index < -0.39 is 8.32 Å². The Balaban J connectivity index is 1.60. The van der Waals surface area contributed by atoms with Crippen LogP contribution in [0.1, 0.15) is 84.0 Å². The van der Waals surface area contributed by atoms with Gasteiger partial charge in [0.1, 0.15) is 11.5 Å². The van der Waals surface area contributed by atoms with Crippen molar-refractivity contribution in [3.05, 3.63) is 42.2 Å². The van der Waals surface area contributed by atoms with E-state index in [0.29, 0.717) is 13.0 Å². The van der Waals surface area contributed by atoms with Gasteiger partial charge >= 0.3 is 0 Å². The lowest BCUT2D eigenvalue weighted by Gasteiger charge is -2.35. The second-order valence-electron chi connectivity index (χ2n) is 12.6. The maximum absolute atomic E-state index is 7.09. The van der Waals surface area contributed by atoms with Crippen LogP contribution in [-0.2, 0) is 23.4 Å². The highest BCUT2D eigenvalue weighted by Crippen LogP contribution is 2.46. The molecule has 2 aliphatic heterocycles. The predicted octanol–water partition coefficient (Wildman–Crippen LogP) is 8.23. The fourth-order valence-electron chi connectivity index (χ4n) is 6.54. The van der Waals surface area contributed by atoms with Crippen LogP contribution in [-0.4, -0.2) is 52.9 Å². The fourth-order valence-corrected chi connectivity index (χ4v) is 8.95. The number of rotatable bonds is 16. The Hall–Kier alpha value is -1.82. The van der Waals surface area contributed by atoms with Gasteiger partial charge in [0.15, 0.2) is 20.9 Å². The van der Waals surface area contributed by atoms with E-state index in [2.05, 4.69) is 32.0 Å². The number of hydrogen-bond donors (Lipinski definition) is 0. The summed E-state index contributed by atoms with van der Waals surface area (Å²) in [6.45, 7) is 9.03. The van der Waals surface area contributed by atoms with E-state index >= 15 is 0 Å². The van der Waals surface area contributed by atoms with Gasteiger partial charge in [0.25, 0.3) is 0 Å². The van der Waals surface area contributed by atoms with E-state index in [1.165, 1.54) is 12.8 Å².